The molecule has 4 nitrogen and oxygen atoms in total. The number of pyridine rings is 1. The first-order valence-electron chi connectivity index (χ1n) is 7.43. The van der Waals surface area contributed by atoms with E-state index in [-0.39, 0.29) is 5.91 Å². The molecule has 3 rings (SSSR count). The highest BCUT2D eigenvalue weighted by Gasteiger charge is 2.26. The lowest BCUT2D eigenvalue weighted by molar-refractivity contribution is 0.0689. The second-order valence-corrected chi connectivity index (χ2v) is 7.10. The monoisotopic (exact) mass is 303 g/mol. The number of carbonyl (C=O) groups is 1. The third-order valence-electron chi connectivity index (χ3n) is 4.16. The third-order valence-corrected chi connectivity index (χ3v) is 5.25. The van der Waals surface area contributed by atoms with Crippen LogP contribution in [0.5, 0.6) is 0 Å². The van der Waals surface area contributed by atoms with E-state index in [2.05, 4.69) is 11.9 Å². The number of piperidine rings is 1. The van der Waals surface area contributed by atoms with Gasteiger partial charge in [0, 0.05) is 24.2 Å². The molecular formula is C16H21N3OS. The zero-order valence-corrected chi connectivity index (χ0v) is 13.6. The molecule has 2 aromatic heterocycles. The average Bonchev–Trinajstić information content (AvgIpc) is 2.75. The van der Waals surface area contributed by atoms with Gasteiger partial charge >= 0.3 is 0 Å². The molecule has 0 aliphatic carbocycles. The van der Waals surface area contributed by atoms with Crippen molar-refractivity contribution < 1.29 is 4.79 Å². The lowest BCUT2D eigenvalue weighted by atomic mass is 10.00. The predicted octanol–water partition coefficient (Wildman–Crippen LogP) is 3.37. The van der Waals surface area contributed by atoms with Gasteiger partial charge in [-0.3, -0.25) is 4.79 Å². The fourth-order valence-corrected chi connectivity index (χ4v) is 4.33. The van der Waals surface area contributed by atoms with Crippen molar-refractivity contribution >= 4 is 33.1 Å². The molecule has 1 aliphatic rings. The summed E-state index contributed by atoms with van der Waals surface area (Å²) in [5.74, 6) is 0.638. The molecule has 0 spiro atoms. The van der Waals surface area contributed by atoms with E-state index >= 15 is 0 Å². The van der Waals surface area contributed by atoms with Crippen LogP contribution in [0.25, 0.3) is 10.2 Å². The van der Waals surface area contributed by atoms with Gasteiger partial charge in [0.15, 0.2) is 0 Å². The highest BCUT2D eigenvalue weighted by molar-refractivity contribution is 7.21. The smallest absolute Gasteiger partial charge is 0.266 e. The molecule has 0 bridgehead atoms. The number of amides is 1. The normalized spacial score (nSPS) is 19.2. The van der Waals surface area contributed by atoms with E-state index in [1.54, 1.807) is 0 Å². The van der Waals surface area contributed by atoms with E-state index in [4.69, 9.17) is 5.73 Å². The number of anilines is 1. The second-order valence-electron chi connectivity index (χ2n) is 6.10. The van der Waals surface area contributed by atoms with Crippen molar-refractivity contribution in [2.75, 3.05) is 18.8 Å². The van der Waals surface area contributed by atoms with Gasteiger partial charge in [0.1, 0.15) is 9.71 Å². The number of fused-ring (bicyclic) bond motifs is 1. The first-order chi connectivity index (χ1) is 9.97. The van der Waals surface area contributed by atoms with Gasteiger partial charge in [-0.15, -0.1) is 11.3 Å². The molecule has 21 heavy (non-hydrogen) atoms. The van der Waals surface area contributed by atoms with E-state index in [1.807, 2.05) is 24.8 Å². The number of carbonyl (C=O) groups excluding carboxylic acids is 1. The largest absolute Gasteiger partial charge is 0.397 e. The van der Waals surface area contributed by atoms with Crippen LogP contribution in [0, 0.1) is 19.8 Å². The summed E-state index contributed by atoms with van der Waals surface area (Å²) in [6.07, 6.45) is 2.28. The minimum atomic E-state index is 0.0686. The number of nitrogens with two attached hydrogens (primary N) is 1. The van der Waals surface area contributed by atoms with Gasteiger partial charge in [0.05, 0.1) is 5.69 Å². The van der Waals surface area contributed by atoms with Crippen LogP contribution in [0.2, 0.25) is 0 Å². The Kier molecular flexibility index (Phi) is 3.61. The molecule has 1 aliphatic heterocycles. The lowest BCUT2D eigenvalue weighted by Gasteiger charge is -2.30. The Labute approximate surface area is 129 Å². The van der Waals surface area contributed by atoms with Crippen LogP contribution >= 0.6 is 11.3 Å². The SMILES string of the molecule is Cc1cc(C)c2c(N)c(C(=O)N3CCC[C@@H](C)C3)sc2n1. The van der Waals surface area contributed by atoms with Crippen molar-refractivity contribution in [2.45, 2.75) is 33.6 Å². The highest BCUT2D eigenvalue weighted by Crippen LogP contribution is 2.36. The molecule has 2 aromatic rings. The lowest BCUT2D eigenvalue weighted by Crippen LogP contribution is -2.39. The van der Waals surface area contributed by atoms with Crippen molar-refractivity contribution in [2.24, 2.45) is 5.92 Å². The first-order valence-corrected chi connectivity index (χ1v) is 8.24. The van der Waals surface area contributed by atoms with E-state index in [0.29, 0.717) is 16.5 Å². The Hall–Kier alpha value is -1.62. The molecule has 0 radical (unpaired) electrons. The number of nitrogens with zero attached hydrogens (tertiary/aromatic N) is 2. The van der Waals surface area contributed by atoms with Gasteiger partial charge < -0.3 is 10.6 Å². The Morgan fingerprint density at radius 3 is 2.95 bits per heavy atom. The molecule has 3 heterocycles. The van der Waals surface area contributed by atoms with E-state index in [9.17, 15) is 4.79 Å². The summed E-state index contributed by atoms with van der Waals surface area (Å²) >= 11 is 1.43. The highest BCUT2D eigenvalue weighted by atomic mass is 32.1. The molecule has 5 heteroatoms. The summed E-state index contributed by atoms with van der Waals surface area (Å²) in [4.78, 5) is 20.8. The molecule has 2 N–H and O–H groups in total. The summed E-state index contributed by atoms with van der Waals surface area (Å²) < 4.78 is 0. The molecular weight excluding hydrogens is 282 g/mol. The van der Waals surface area contributed by atoms with Crippen LogP contribution in [0.1, 0.15) is 40.7 Å². The molecule has 0 aromatic carbocycles. The Bertz CT molecular complexity index is 707. The van der Waals surface area contributed by atoms with Crippen molar-refractivity contribution in [1.82, 2.24) is 9.88 Å². The van der Waals surface area contributed by atoms with Crippen molar-refractivity contribution in [3.63, 3.8) is 0 Å². The minimum Gasteiger partial charge on any atom is -0.397 e. The quantitative estimate of drug-likeness (QED) is 0.878. The van der Waals surface area contributed by atoms with Crippen molar-refractivity contribution in [3.05, 3.63) is 22.2 Å². The number of aryl methyl sites for hydroxylation is 2. The Balaban J connectivity index is 2.02. The molecule has 112 valence electrons. The van der Waals surface area contributed by atoms with E-state index in [0.717, 1.165) is 41.0 Å². The summed E-state index contributed by atoms with van der Waals surface area (Å²) in [5.41, 5.74) is 8.91. The third kappa shape index (κ3) is 2.50. The standard InChI is InChI=1S/C16H21N3OS/c1-9-5-4-6-19(8-9)16(20)14-13(17)12-10(2)7-11(3)18-15(12)21-14/h7,9H,4-6,8,17H2,1-3H3/t9-/m1/s1. The summed E-state index contributed by atoms with van der Waals surface area (Å²) in [7, 11) is 0. The zero-order valence-electron chi connectivity index (χ0n) is 12.8. The van der Waals surface area contributed by atoms with Crippen LogP contribution in [-0.4, -0.2) is 28.9 Å². The molecule has 0 unspecified atom stereocenters. The van der Waals surface area contributed by atoms with E-state index < -0.39 is 0 Å². The Morgan fingerprint density at radius 2 is 2.24 bits per heavy atom. The molecule has 0 saturated carbocycles. The molecule has 1 saturated heterocycles. The van der Waals surface area contributed by atoms with Gasteiger partial charge in [0.25, 0.3) is 5.91 Å². The minimum absolute atomic E-state index is 0.0686. The van der Waals surface area contributed by atoms with Crippen LogP contribution in [0.15, 0.2) is 6.07 Å². The van der Waals surface area contributed by atoms with E-state index in [1.165, 1.54) is 17.8 Å². The Morgan fingerprint density at radius 1 is 1.48 bits per heavy atom. The molecule has 1 atom stereocenters. The maximum atomic E-state index is 12.8. The van der Waals surface area contributed by atoms with Crippen molar-refractivity contribution in [1.29, 1.82) is 0 Å². The van der Waals surface area contributed by atoms with Crippen LogP contribution in [0.3, 0.4) is 0 Å². The number of thiophene rings is 1. The second kappa shape index (κ2) is 5.30. The fourth-order valence-electron chi connectivity index (χ4n) is 3.15. The topological polar surface area (TPSA) is 59.2 Å². The van der Waals surface area contributed by atoms with Crippen molar-refractivity contribution in [3.8, 4) is 0 Å². The van der Waals surface area contributed by atoms with Gasteiger partial charge in [-0.25, -0.2) is 4.98 Å². The number of rotatable bonds is 1. The van der Waals surface area contributed by atoms with Crippen LogP contribution in [0.4, 0.5) is 5.69 Å². The summed E-state index contributed by atoms with van der Waals surface area (Å²) in [5, 5.41) is 0.944. The fraction of sp³-hybridized carbons (Fsp3) is 0.500. The van der Waals surface area contributed by atoms with Gasteiger partial charge in [-0.2, -0.15) is 0 Å². The average molecular weight is 303 g/mol. The number of hydrogen-bond donors (Lipinski definition) is 1. The summed E-state index contributed by atoms with van der Waals surface area (Å²) in [6.45, 7) is 7.86. The summed E-state index contributed by atoms with van der Waals surface area (Å²) in [6, 6.07) is 2.02. The van der Waals surface area contributed by atoms with Gasteiger partial charge in [-0.05, 0) is 44.2 Å². The molecule has 1 amide bonds. The maximum Gasteiger partial charge on any atom is 0.266 e. The number of hydrogen-bond acceptors (Lipinski definition) is 4. The van der Waals surface area contributed by atoms with Gasteiger partial charge in [-0.1, -0.05) is 6.92 Å². The number of aromatic nitrogens is 1. The zero-order chi connectivity index (χ0) is 15.1. The predicted molar refractivity (Wildman–Crippen MR) is 87.8 cm³/mol. The van der Waals surface area contributed by atoms with Crippen LogP contribution < -0.4 is 5.73 Å². The van der Waals surface area contributed by atoms with Gasteiger partial charge in [0.2, 0.25) is 0 Å². The number of nitrogen functional groups attached to an aromatic ring is 1. The molecule has 1 fully saturated rings. The maximum absolute atomic E-state index is 12.8. The van der Waals surface area contributed by atoms with Crippen LogP contribution in [-0.2, 0) is 0 Å². The first kappa shape index (κ1) is 14.3. The number of likely N-dealkylation sites (tertiary alicyclic amines) is 1.